The lowest BCUT2D eigenvalue weighted by Crippen LogP contribution is -2.44. The lowest BCUT2D eigenvalue weighted by atomic mass is 9.50. The van der Waals surface area contributed by atoms with Gasteiger partial charge in [0, 0.05) is 12.7 Å². The topological polar surface area (TPSA) is 63.9 Å². The van der Waals surface area contributed by atoms with E-state index in [2.05, 4.69) is 10.2 Å². The number of rotatable bonds is 3. The third kappa shape index (κ3) is 1.72. The molecule has 0 unspecified atom stereocenters. The fraction of sp³-hybridized carbons (Fsp3) is 0.800. The van der Waals surface area contributed by atoms with Crippen LogP contribution in [-0.2, 0) is 11.3 Å². The molecule has 0 atom stereocenters. The van der Waals surface area contributed by atoms with E-state index >= 15 is 0 Å². The number of aromatic amines is 1. The molecule has 4 nitrogen and oxygen atoms in total. The fourth-order valence-electron chi connectivity index (χ4n) is 5.43. The van der Waals surface area contributed by atoms with E-state index in [-0.39, 0.29) is 0 Å². The molecule has 19 heavy (non-hydrogen) atoms. The Morgan fingerprint density at radius 2 is 1.79 bits per heavy atom. The first-order valence-electron chi connectivity index (χ1n) is 7.57. The molecule has 1 aromatic heterocycles. The highest BCUT2D eigenvalue weighted by Crippen LogP contribution is 2.60. The van der Waals surface area contributed by atoms with E-state index in [0.717, 1.165) is 29.4 Å². The average Bonchev–Trinajstić information content (AvgIpc) is 2.71. The Balaban J connectivity index is 1.70. The molecule has 4 aliphatic carbocycles. The van der Waals surface area contributed by atoms with Gasteiger partial charge in [0.15, 0.2) is 0 Å². The van der Waals surface area contributed by atoms with Gasteiger partial charge in [-0.2, -0.15) is 5.10 Å². The van der Waals surface area contributed by atoms with E-state index in [9.17, 15) is 0 Å². The van der Waals surface area contributed by atoms with Crippen LogP contribution in [0.2, 0.25) is 0 Å². The molecule has 0 amide bonds. The molecule has 4 saturated carbocycles. The van der Waals surface area contributed by atoms with Gasteiger partial charge in [0.25, 0.3) is 0 Å². The molecule has 4 bridgehead atoms. The van der Waals surface area contributed by atoms with Crippen molar-refractivity contribution < 1.29 is 4.74 Å². The van der Waals surface area contributed by atoms with E-state index in [4.69, 9.17) is 10.5 Å². The maximum atomic E-state index is 6.15. The van der Waals surface area contributed by atoms with E-state index < -0.39 is 0 Å². The molecule has 0 aliphatic heterocycles. The summed E-state index contributed by atoms with van der Waals surface area (Å²) in [4.78, 5) is 0. The zero-order chi connectivity index (χ0) is 13.0. The second-order valence-corrected chi connectivity index (χ2v) is 6.89. The molecular weight excluding hydrogens is 238 g/mol. The van der Waals surface area contributed by atoms with Crippen molar-refractivity contribution in [1.82, 2.24) is 10.2 Å². The maximum absolute atomic E-state index is 6.15. The van der Waals surface area contributed by atoms with Crippen molar-refractivity contribution in [2.75, 3.05) is 12.8 Å². The van der Waals surface area contributed by atoms with Gasteiger partial charge >= 0.3 is 0 Å². The molecule has 3 N–H and O–H groups in total. The van der Waals surface area contributed by atoms with Crippen molar-refractivity contribution in [2.24, 2.45) is 23.7 Å². The monoisotopic (exact) mass is 261 g/mol. The predicted molar refractivity (Wildman–Crippen MR) is 73.5 cm³/mol. The van der Waals surface area contributed by atoms with Crippen LogP contribution in [0.4, 0.5) is 5.82 Å². The second kappa shape index (κ2) is 4.23. The van der Waals surface area contributed by atoms with Crippen molar-refractivity contribution >= 4 is 5.82 Å². The van der Waals surface area contributed by atoms with Gasteiger partial charge in [0.05, 0.1) is 12.3 Å². The van der Waals surface area contributed by atoms with Crippen LogP contribution in [0.5, 0.6) is 0 Å². The second-order valence-electron chi connectivity index (χ2n) is 6.89. The van der Waals surface area contributed by atoms with Gasteiger partial charge in [-0.1, -0.05) is 0 Å². The number of methoxy groups -OCH3 is 1. The lowest BCUT2D eigenvalue weighted by Gasteiger charge is -2.54. The number of aromatic nitrogens is 2. The third-order valence-electron chi connectivity index (χ3n) is 5.76. The summed E-state index contributed by atoms with van der Waals surface area (Å²) in [6.45, 7) is 0.600. The molecule has 4 heteroatoms. The summed E-state index contributed by atoms with van der Waals surface area (Å²) in [5, 5.41) is 7.32. The lowest BCUT2D eigenvalue weighted by molar-refractivity contribution is -0.00326. The first-order valence-corrected chi connectivity index (χ1v) is 7.57. The zero-order valence-electron chi connectivity index (χ0n) is 11.6. The summed E-state index contributed by atoms with van der Waals surface area (Å²) in [7, 11) is 1.73. The van der Waals surface area contributed by atoms with Gasteiger partial charge in [-0.25, -0.2) is 0 Å². The van der Waals surface area contributed by atoms with Crippen molar-refractivity contribution in [1.29, 1.82) is 0 Å². The highest BCUT2D eigenvalue weighted by atomic mass is 16.5. The third-order valence-corrected chi connectivity index (χ3v) is 5.76. The first-order chi connectivity index (χ1) is 9.26. The van der Waals surface area contributed by atoms with Gasteiger partial charge in [-0.15, -0.1) is 0 Å². The Bertz CT molecular complexity index is 454. The fourth-order valence-corrected chi connectivity index (χ4v) is 5.43. The van der Waals surface area contributed by atoms with Crippen molar-refractivity contribution in [3.05, 3.63) is 11.3 Å². The zero-order valence-corrected chi connectivity index (χ0v) is 11.6. The molecule has 0 spiro atoms. The van der Waals surface area contributed by atoms with E-state index in [0.29, 0.717) is 18.3 Å². The van der Waals surface area contributed by atoms with Crippen molar-refractivity contribution in [3.63, 3.8) is 0 Å². The Labute approximate surface area is 114 Å². The Hall–Kier alpha value is -1.03. The van der Waals surface area contributed by atoms with Crippen molar-refractivity contribution in [3.8, 4) is 0 Å². The molecule has 4 aliphatic rings. The highest BCUT2D eigenvalue weighted by molar-refractivity contribution is 5.46. The number of hydrogen-bond acceptors (Lipinski definition) is 3. The largest absolute Gasteiger partial charge is 0.382 e. The number of nitrogens with two attached hydrogens (primary N) is 1. The number of nitrogens with one attached hydrogen (secondary N) is 1. The van der Waals surface area contributed by atoms with Crippen LogP contribution in [0.25, 0.3) is 0 Å². The molecule has 1 aromatic rings. The molecule has 0 saturated heterocycles. The molecule has 5 rings (SSSR count). The van der Waals surface area contributed by atoms with Crippen LogP contribution >= 0.6 is 0 Å². The quantitative estimate of drug-likeness (QED) is 0.879. The van der Waals surface area contributed by atoms with Gasteiger partial charge in [0.2, 0.25) is 0 Å². The maximum Gasteiger partial charge on any atom is 0.149 e. The van der Waals surface area contributed by atoms with Crippen LogP contribution < -0.4 is 5.73 Å². The van der Waals surface area contributed by atoms with Crippen LogP contribution in [0, 0.1) is 23.7 Å². The van der Waals surface area contributed by atoms with Gasteiger partial charge in [-0.05, 0) is 61.7 Å². The standard InChI is InChI=1S/C15H23N3O/c1-19-7-12-14(15(16)18-17-12)13-10-3-8-2-9(5-10)6-11(13)4-8/h8-11,13H,2-7H2,1H3,(H3,16,17,18). The molecule has 4 fully saturated rings. The van der Waals surface area contributed by atoms with Gasteiger partial charge in [0.1, 0.15) is 5.82 Å². The van der Waals surface area contributed by atoms with Crippen LogP contribution in [0.1, 0.15) is 49.3 Å². The highest BCUT2D eigenvalue weighted by Gasteiger charge is 2.49. The minimum Gasteiger partial charge on any atom is -0.382 e. The summed E-state index contributed by atoms with van der Waals surface area (Å²) < 4.78 is 5.30. The Morgan fingerprint density at radius 3 is 2.37 bits per heavy atom. The predicted octanol–water partition coefficient (Wildman–Crippen LogP) is 2.68. The number of H-pyrrole nitrogens is 1. The van der Waals surface area contributed by atoms with E-state index in [1.165, 1.54) is 37.7 Å². The summed E-state index contributed by atoms with van der Waals surface area (Å²) in [5.74, 6) is 5.02. The summed E-state index contributed by atoms with van der Waals surface area (Å²) in [6.07, 6.45) is 7.14. The Kier molecular flexibility index (Phi) is 2.62. The SMILES string of the molecule is COCc1[nH]nc(N)c1C1C2CC3CC(C2)CC1C3. The normalized spacial score (nSPS) is 39.9. The van der Waals surface area contributed by atoms with Crippen LogP contribution in [-0.4, -0.2) is 17.3 Å². The molecule has 0 aromatic carbocycles. The molecular formula is C15H23N3O. The molecule has 1 heterocycles. The first kappa shape index (κ1) is 11.8. The summed E-state index contributed by atoms with van der Waals surface area (Å²) >= 11 is 0. The minimum atomic E-state index is 0.600. The van der Waals surface area contributed by atoms with Crippen LogP contribution in [0.3, 0.4) is 0 Å². The van der Waals surface area contributed by atoms with E-state index in [1.807, 2.05) is 0 Å². The van der Waals surface area contributed by atoms with Crippen molar-refractivity contribution in [2.45, 2.75) is 44.6 Å². The van der Waals surface area contributed by atoms with Gasteiger partial charge < -0.3 is 10.5 Å². The number of nitrogens with zero attached hydrogens (tertiary/aromatic N) is 1. The molecule has 104 valence electrons. The summed E-state index contributed by atoms with van der Waals surface area (Å²) in [5.41, 5.74) is 8.55. The average molecular weight is 261 g/mol. The smallest absolute Gasteiger partial charge is 0.149 e. The molecule has 0 radical (unpaired) electrons. The number of ether oxygens (including phenoxy) is 1. The summed E-state index contributed by atoms with van der Waals surface area (Å²) in [6, 6.07) is 0. The Morgan fingerprint density at radius 1 is 1.16 bits per heavy atom. The van der Waals surface area contributed by atoms with Crippen LogP contribution in [0.15, 0.2) is 0 Å². The van der Waals surface area contributed by atoms with Gasteiger partial charge in [-0.3, -0.25) is 5.10 Å². The number of hydrogen-bond donors (Lipinski definition) is 2. The number of anilines is 1. The minimum absolute atomic E-state index is 0.600. The number of nitrogen functional groups attached to an aromatic ring is 1. The van der Waals surface area contributed by atoms with E-state index in [1.54, 1.807) is 7.11 Å².